The van der Waals surface area contributed by atoms with Crippen LogP contribution in [0, 0.1) is 16.0 Å². The number of non-ortho nitro benzene ring substituents is 1. The number of hydrogen-bond donors (Lipinski definition) is 2. The van der Waals surface area contributed by atoms with Crippen LogP contribution in [0.1, 0.15) is 15.9 Å². The maximum Gasteiger partial charge on any atom is 0.416 e. The Morgan fingerprint density at radius 1 is 1.38 bits per heavy atom. The molecule has 1 aromatic rings. The lowest BCUT2D eigenvalue weighted by atomic mass is 10.0. The molecule has 0 spiro atoms. The smallest absolute Gasteiger partial charge is 0.352 e. The van der Waals surface area contributed by atoms with Gasteiger partial charge in [0.05, 0.1) is 10.5 Å². The number of halogens is 3. The molecule has 1 aromatic carbocycles. The standard InChI is InChI=1S/C12H12F3N3O3/c13-12(14,15)9-1-8(2-10(3-9)18(20)21)11(19)17-6-7-4-16-5-7/h1-3,7,16H,4-6H2,(H,17,19). The molecule has 2 rings (SSSR count). The van der Waals surface area contributed by atoms with Crippen molar-refractivity contribution in [2.75, 3.05) is 19.6 Å². The first-order valence-corrected chi connectivity index (χ1v) is 6.13. The minimum absolute atomic E-state index is 0.231. The van der Waals surface area contributed by atoms with Crippen molar-refractivity contribution in [3.05, 3.63) is 39.4 Å². The van der Waals surface area contributed by atoms with Gasteiger partial charge in [-0.05, 0) is 6.07 Å². The third-order valence-electron chi connectivity index (χ3n) is 3.14. The second-order valence-corrected chi connectivity index (χ2v) is 4.76. The summed E-state index contributed by atoms with van der Waals surface area (Å²) in [5.41, 5.74) is -2.35. The van der Waals surface area contributed by atoms with Gasteiger partial charge in [-0.25, -0.2) is 0 Å². The normalized spacial score (nSPS) is 15.4. The van der Waals surface area contributed by atoms with E-state index in [0.29, 0.717) is 18.7 Å². The fourth-order valence-electron chi connectivity index (χ4n) is 1.84. The summed E-state index contributed by atoms with van der Waals surface area (Å²) in [5, 5.41) is 16.1. The third-order valence-corrected chi connectivity index (χ3v) is 3.14. The maximum absolute atomic E-state index is 12.7. The predicted octanol–water partition coefficient (Wildman–Crippen LogP) is 1.56. The Balaban J connectivity index is 2.22. The molecule has 1 saturated heterocycles. The first-order chi connectivity index (χ1) is 9.77. The highest BCUT2D eigenvalue weighted by molar-refractivity contribution is 5.95. The molecule has 0 radical (unpaired) electrons. The third kappa shape index (κ3) is 3.69. The molecule has 1 aliphatic heterocycles. The van der Waals surface area contributed by atoms with E-state index in [0.717, 1.165) is 19.2 Å². The zero-order valence-electron chi connectivity index (χ0n) is 10.7. The van der Waals surface area contributed by atoms with E-state index in [4.69, 9.17) is 0 Å². The Kier molecular flexibility index (Phi) is 4.12. The highest BCUT2D eigenvalue weighted by Gasteiger charge is 2.33. The van der Waals surface area contributed by atoms with Crippen molar-refractivity contribution in [1.29, 1.82) is 0 Å². The summed E-state index contributed by atoms with van der Waals surface area (Å²) in [6.45, 7) is 1.77. The summed E-state index contributed by atoms with van der Waals surface area (Å²) in [7, 11) is 0. The topological polar surface area (TPSA) is 84.3 Å². The second-order valence-electron chi connectivity index (χ2n) is 4.76. The number of benzene rings is 1. The Morgan fingerprint density at radius 3 is 2.52 bits per heavy atom. The highest BCUT2D eigenvalue weighted by atomic mass is 19.4. The van der Waals surface area contributed by atoms with Crippen molar-refractivity contribution in [3.8, 4) is 0 Å². The molecule has 1 amide bonds. The molecule has 0 unspecified atom stereocenters. The number of nitro groups is 1. The van der Waals surface area contributed by atoms with Crippen LogP contribution in [0.5, 0.6) is 0 Å². The van der Waals surface area contributed by atoms with Gasteiger partial charge in [0, 0.05) is 43.2 Å². The molecular weight excluding hydrogens is 291 g/mol. The molecule has 0 saturated carbocycles. The van der Waals surface area contributed by atoms with Crippen LogP contribution >= 0.6 is 0 Å². The van der Waals surface area contributed by atoms with Gasteiger partial charge in [0.25, 0.3) is 11.6 Å². The molecule has 1 heterocycles. The zero-order chi connectivity index (χ0) is 15.6. The van der Waals surface area contributed by atoms with Gasteiger partial charge in [-0.2, -0.15) is 13.2 Å². The molecular formula is C12H12F3N3O3. The van der Waals surface area contributed by atoms with E-state index >= 15 is 0 Å². The van der Waals surface area contributed by atoms with Crippen molar-refractivity contribution in [3.63, 3.8) is 0 Å². The van der Waals surface area contributed by atoms with Gasteiger partial charge in [-0.15, -0.1) is 0 Å². The van der Waals surface area contributed by atoms with Gasteiger partial charge in [0.1, 0.15) is 0 Å². The molecule has 1 fully saturated rings. The second kappa shape index (κ2) is 5.68. The molecule has 9 heteroatoms. The van der Waals surface area contributed by atoms with Gasteiger partial charge >= 0.3 is 6.18 Å². The van der Waals surface area contributed by atoms with Gasteiger partial charge < -0.3 is 10.6 Å². The lowest BCUT2D eigenvalue weighted by Crippen LogP contribution is -2.48. The van der Waals surface area contributed by atoms with E-state index in [-0.39, 0.29) is 11.5 Å². The van der Waals surface area contributed by atoms with Crippen LogP contribution in [0.25, 0.3) is 0 Å². The minimum atomic E-state index is -4.75. The average molecular weight is 303 g/mol. The fourth-order valence-corrected chi connectivity index (χ4v) is 1.84. The summed E-state index contributed by atoms with van der Waals surface area (Å²) in [6, 6.07) is 1.86. The number of rotatable bonds is 4. The number of alkyl halides is 3. The summed E-state index contributed by atoms with van der Waals surface area (Å²) >= 11 is 0. The molecule has 0 bridgehead atoms. The van der Waals surface area contributed by atoms with Crippen LogP contribution in [0.4, 0.5) is 18.9 Å². The molecule has 114 valence electrons. The van der Waals surface area contributed by atoms with E-state index in [1.54, 1.807) is 0 Å². The summed E-state index contributed by atoms with van der Waals surface area (Å²) in [6.07, 6.45) is -4.75. The molecule has 2 N–H and O–H groups in total. The Hall–Kier alpha value is -2.16. The van der Waals surface area contributed by atoms with Crippen LogP contribution in [0.2, 0.25) is 0 Å². The van der Waals surface area contributed by atoms with Crippen molar-refractivity contribution < 1.29 is 22.9 Å². The van der Waals surface area contributed by atoms with E-state index in [1.807, 2.05) is 0 Å². The minimum Gasteiger partial charge on any atom is -0.352 e. The van der Waals surface area contributed by atoms with E-state index in [2.05, 4.69) is 10.6 Å². The number of carbonyl (C=O) groups excluding carboxylic acids is 1. The number of nitro benzene ring substituents is 1. The van der Waals surface area contributed by atoms with E-state index < -0.39 is 28.3 Å². The van der Waals surface area contributed by atoms with E-state index in [9.17, 15) is 28.1 Å². The Bertz CT molecular complexity index is 571. The summed E-state index contributed by atoms with van der Waals surface area (Å²) in [5.74, 6) is -0.522. The number of nitrogens with one attached hydrogen (secondary N) is 2. The number of amides is 1. The van der Waals surface area contributed by atoms with Crippen molar-refractivity contribution in [2.45, 2.75) is 6.18 Å². The molecule has 6 nitrogen and oxygen atoms in total. The van der Waals surface area contributed by atoms with Gasteiger partial charge in [-0.1, -0.05) is 0 Å². The lowest BCUT2D eigenvalue weighted by Gasteiger charge is -2.27. The number of hydrogen-bond acceptors (Lipinski definition) is 4. The van der Waals surface area contributed by atoms with Crippen LogP contribution < -0.4 is 10.6 Å². The summed E-state index contributed by atoms with van der Waals surface area (Å²) in [4.78, 5) is 21.5. The zero-order valence-corrected chi connectivity index (χ0v) is 10.7. The number of carbonyl (C=O) groups is 1. The van der Waals surface area contributed by atoms with Crippen molar-refractivity contribution in [2.24, 2.45) is 5.92 Å². The van der Waals surface area contributed by atoms with Gasteiger partial charge in [-0.3, -0.25) is 14.9 Å². The van der Waals surface area contributed by atoms with Crippen molar-refractivity contribution in [1.82, 2.24) is 10.6 Å². The fraction of sp³-hybridized carbons (Fsp3) is 0.417. The van der Waals surface area contributed by atoms with Crippen LogP contribution in [-0.2, 0) is 6.18 Å². The highest BCUT2D eigenvalue weighted by Crippen LogP contribution is 2.32. The Morgan fingerprint density at radius 2 is 2.05 bits per heavy atom. The molecule has 1 aliphatic rings. The van der Waals surface area contributed by atoms with Crippen LogP contribution in [-0.4, -0.2) is 30.5 Å². The molecule has 0 atom stereocenters. The Labute approximate surface area is 117 Å². The monoisotopic (exact) mass is 303 g/mol. The van der Waals surface area contributed by atoms with Gasteiger partial charge in [0.2, 0.25) is 0 Å². The lowest BCUT2D eigenvalue weighted by molar-refractivity contribution is -0.385. The molecule has 0 aromatic heterocycles. The average Bonchev–Trinajstić information content (AvgIpc) is 2.35. The maximum atomic E-state index is 12.7. The summed E-state index contributed by atoms with van der Waals surface area (Å²) < 4.78 is 38.1. The van der Waals surface area contributed by atoms with Crippen molar-refractivity contribution >= 4 is 11.6 Å². The quantitative estimate of drug-likeness (QED) is 0.653. The first kappa shape index (κ1) is 15.2. The van der Waals surface area contributed by atoms with Gasteiger partial charge in [0.15, 0.2) is 0 Å². The van der Waals surface area contributed by atoms with Crippen LogP contribution in [0.15, 0.2) is 18.2 Å². The largest absolute Gasteiger partial charge is 0.416 e. The SMILES string of the molecule is O=C(NCC1CNC1)c1cc([N+](=O)[O-])cc(C(F)(F)F)c1. The predicted molar refractivity (Wildman–Crippen MR) is 66.8 cm³/mol. The van der Waals surface area contributed by atoms with Crippen LogP contribution in [0.3, 0.4) is 0 Å². The molecule has 0 aliphatic carbocycles. The van der Waals surface area contributed by atoms with E-state index in [1.165, 1.54) is 0 Å². The number of nitrogens with zero attached hydrogens (tertiary/aromatic N) is 1. The first-order valence-electron chi connectivity index (χ1n) is 6.13. The molecule has 21 heavy (non-hydrogen) atoms.